The lowest BCUT2D eigenvalue weighted by Gasteiger charge is -2.22. The van der Waals surface area contributed by atoms with Crippen LogP contribution in [0.4, 0.5) is 0 Å². The van der Waals surface area contributed by atoms with Crippen molar-refractivity contribution in [1.82, 2.24) is 29.4 Å². The van der Waals surface area contributed by atoms with E-state index in [1.807, 2.05) is 34.6 Å². The number of hydrogen-bond acceptors (Lipinski definition) is 6. The standard InChI is InChI=1S/C19H19ClN6O2/c1-2-27-12-7-13(15-9-22-16(20)10-21-15)18-14-8-23-26(17-5-3-4-6-28-17)19(14)24-25(18)11-12/h7-11,17H,2-6H2,1H3. The Bertz CT molecular complexity index is 1130. The van der Waals surface area contributed by atoms with Gasteiger partial charge in [-0.3, -0.25) is 4.98 Å². The summed E-state index contributed by atoms with van der Waals surface area (Å²) >= 11 is 5.92. The van der Waals surface area contributed by atoms with E-state index in [0.29, 0.717) is 23.2 Å². The van der Waals surface area contributed by atoms with Crippen molar-refractivity contribution in [2.75, 3.05) is 13.2 Å². The molecule has 0 aliphatic carbocycles. The molecule has 0 saturated carbocycles. The average molecular weight is 399 g/mol. The molecular formula is C19H19ClN6O2. The Labute approximate surface area is 166 Å². The molecule has 1 aliphatic rings. The number of hydrogen-bond donors (Lipinski definition) is 0. The molecule has 8 nitrogen and oxygen atoms in total. The molecule has 1 atom stereocenters. The number of nitrogens with zero attached hydrogens (tertiary/aromatic N) is 6. The highest BCUT2D eigenvalue weighted by Gasteiger charge is 2.23. The molecule has 28 heavy (non-hydrogen) atoms. The van der Waals surface area contributed by atoms with E-state index in [1.54, 1.807) is 6.20 Å². The molecule has 5 rings (SSSR count). The third kappa shape index (κ3) is 2.89. The van der Waals surface area contributed by atoms with Crippen molar-refractivity contribution in [3.63, 3.8) is 0 Å². The molecule has 144 valence electrons. The fourth-order valence-electron chi connectivity index (χ4n) is 3.65. The third-order valence-electron chi connectivity index (χ3n) is 4.88. The molecule has 0 bridgehead atoms. The molecule has 0 radical (unpaired) electrons. The molecule has 0 spiro atoms. The normalized spacial score (nSPS) is 17.4. The van der Waals surface area contributed by atoms with E-state index < -0.39 is 0 Å². The lowest BCUT2D eigenvalue weighted by Crippen LogP contribution is -2.19. The molecule has 0 N–H and O–H groups in total. The number of ether oxygens (including phenoxy) is 2. The Balaban J connectivity index is 1.73. The van der Waals surface area contributed by atoms with Crippen LogP contribution in [0.15, 0.2) is 30.9 Å². The summed E-state index contributed by atoms with van der Waals surface area (Å²) in [6, 6.07) is 1.95. The Hall–Kier alpha value is -2.71. The van der Waals surface area contributed by atoms with Gasteiger partial charge in [0.25, 0.3) is 0 Å². The van der Waals surface area contributed by atoms with E-state index in [1.165, 1.54) is 6.20 Å². The summed E-state index contributed by atoms with van der Waals surface area (Å²) in [5.41, 5.74) is 3.24. The molecule has 1 saturated heterocycles. The van der Waals surface area contributed by atoms with Crippen LogP contribution in [0.3, 0.4) is 0 Å². The van der Waals surface area contributed by atoms with E-state index in [2.05, 4.69) is 15.1 Å². The first-order chi connectivity index (χ1) is 13.7. The summed E-state index contributed by atoms with van der Waals surface area (Å²) in [7, 11) is 0. The fraction of sp³-hybridized carbons (Fsp3) is 0.368. The zero-order chi connectivity index (χ0) is 19.1. The topological polar surface area (TPSA) is 79.4 Å². The molecule has 4 aromatic rings. The van der Waals surface area contributed by atoms with Gasteiger partial charge in [0.1, 0.15) is 10.9 Å². The van der Waals surface area contributed by atoms with Gasteiger partial charge in [-0.2, -0.15) is 5.10 Å². The Kier molecular flexibility index (Phi) is 4.37. The zero-order valence-corrected chi connectivity index (χ0v) is 16.1. The molecule has 1 aliphatic heterocycles. The Morgan fingerprint density at radius 3 is 2.93 bits per heavy atom. The van der Waals surface area contributed by atoms with Gasteiger partial charge < -0.3 is 9.47 Å². The fourth-order valence-corrected chi connectivity index (χ4v) is 3.75. The van der Waals surface area contributed by atoms with Crippen molar-refractivity contribution >= 4 is 28.2 Å². The van der Waals surface area contributed by atoms with E-state index >= 15 is 0 Å². The van der Waals surface area contributed by atoms with Gasteiger partial charge in [0, 0.05) is 12.2 Å². The maximum absolute atomic E-state index is 5.92. The second kappa shape index (κ2) is 7.03. The van der Waals surface area contributed by atoms with Crippen molar-refractivity contribution in [3.8, 4) is 17.0 Å². The van der Waals surface area contributed by atoms with Gasteiger partial charge in [-0.1, -0.05) is 11.6 Å². The minimum Gasteiger partial charge on any atom is -0.492 e. The van der Waals surface area contributed by atoms with E-state index in [0.717, 1.165) is 48.0 Å². The summed E-state index contributed by atoms with van der Waals surface area (Å²) in [6.07, 6.45) is 9.96. The monoisotopic (exact) mass is 398 g/mol. The van der Waals surface area contributed by atoms with Crippen molar-refractivity contribution < 1.29 is 9.47 Å². The first kappa shape index (κ1) is 17.4. The largest absolute Gasteiger partial charge is 0.492 e. The summed E-state index contributed by atoms with van der Waals surface area (Å²) in [6.45, 7) is 3.26. The van der Waals surface area contributed by atoms with Gasteiger partial charge in [-0.05, 0) is 32.3 Å². The van der Waals surface area contributed by atoms with Crippen LogP contribution in [0.2, 0.25) is 5.15 Å². The van der Waals surface area contributed by atoms with Crippen LogP contribution >= 0.6 is 11.6 Å². The zero-order valence-electron chi connectivity index (χ0n) is 15.4. The molecule has 1 fully saturated rings. The van der Waals surface area contributed by atoms with Crippen LogP contribution in [0, 0.1) is 0 Å². The van der Waals surface area contributed by atoms with Crippen LogP contribution < -0.4 is 4.74 Å². The summed E-state index contributed by atoms with van der Waals surface area (Å²) in [4.78, 5) is 8.61. The van der Waals surface area contributed by atoms with Crippen LogP contribution in [-0.2, 0) is 4.74 Å². The van der Waals surface area contributed by atoms with Crippen LogP contribution in [0.5, 0.6) is 5.75 Å². The predicted octanol–water partition coefficient (Wildman–Crippen LogP) is 3.89. The predicted molar refractivity (Wildman–Crippen MR) is 105 cm³/mol. The van der Waals surface area contributed by atoms with Gasteiger partial charge in [-0.15, -0.1) is 5.10 Å². The van der Waals surface area contributed by atoms with Gasteiger partial charge in [0.2, 0.25) is 0 Å². The van der Waals surface area contributed by atoms with Crippen LogP contribution in [0.1, 0.15) is 32.4 Å². The summed E-state index contributed by atoms with van der Waals surface area (Å²) in [5, 5.41) is 10.6. The highest BCUT2D eigenvalue weighted by Crippen LogP contribution is 2.34. The van der Waals surface area contributed by atoms with E-state index in [9.17, 15) is 0 Å². The minimum absolute atomic E-state index is 0.0821. The quantitative estimate of drug-likeness (QED) is 0.518. The second-order valence-corrected chi connectivity index (χ2v) is 7.07. The Morgan fingerprint density at radius 1 is 1.25 bits per heavy atom. The smallest absolute Gasteiger partial charge is 0.183 e. The Morgan fingerprint density at radius 2 is 2.18 bits per heavy atom. The number of fused-ring (bicyclic) bond motifs is 3. The molecule has 4 aromatic heterocycles. The number of aromatic nitrogens is 6. The molecule has 9 heteroatoms. The lowest BCUT2D eigenvalue weighted by molar-refractivity contribution is -0.0370. The summed E-state index contributed by atoms with van der Waals surface area (Å²) < 4.78 is 15.3. The average Bonchev–Trinajstić information content (AvgIpc) is 3.28. The van der Waals surface area contributed by atoms with Gasteiger partial charge in [0.05, 0.1) is 48.0 Å². The first-order valence-electron chi connectivity index (χ1n) is 9.36. The SMILES string of the molecule is CCOc1cc(-c2cnc(Cl)cn2)c2c3cnn(C4CCCCO4)c3nn2c1. The molecule has 0 aromatic carbocycles. The minimum atomic E-state index is -0.0821. The van der Waals surface area contributed by atoms with Crippen molar-refractivity contribution in [1.29, 1.82) is 0 Å². The highest BCUT2D eigenvalue weighted by atomic mass is 35.5. The van der Waals surface area contributed by atoms with Crippen LogP contribution in [0.25, 0.3) is 27.8 Å². The van der Waals surface area contributed by atoms with E-state index in [4.69, 9.17) is 26.2 Å². The number of halogens is 1. The second-order valence-electron chi connectivity index (χ2n) is 6.69. The first-order valence-corrected chi connectivity index (χ1v) is 9.74. The van der Waals surface area contributed by atoms with Gasteiger partial charge in [0.15, 0.2) is 11.9 Å². The number of rotatable bonds is 4. The maximum Gasteiger partial charge on any atom is 0.183 e. The molecule has 0 amide bonds. The molecular weight excluding hydrogens is 380 g/mol. The van der Waals surface area contributed by atoms with Crippen molar-refractivity contribution in [3.05, 3.63) is 36.0 Å². The highest BCUT2D eigenvalue weighted by molar-refractivity contribution is 6.29. The van der Waals surface area contributed by atoms with Crippen LogP contribution in [-0.4, -0.2) is 42.6 Å². The van der Waals surface area contributed by atoms with Gasteiger partial charge in [-0.25, -0.2) is 14.2 Å². The lowest BCUT2D eigenvalue weighted by atomic mass is 10.1. The van der Waals surface area contributed by atoms with Crippen molar-refractivity contribution in [2.24, 2.45) is 0 Å². The van der Waals surface area contributed by atoms with Crippen molar-refractivity contribution in [2.45, 2.75) is 32.4 Å². The van der Waals surface area contributed by atoms with Gasteiger partial charge >= 0.3 is 0 Å². The molecule has 1 unspecified atom stereocenters. The van der Waals surface area contributed by atoms with E-state index in [-0.39, 0.29) is 6.23 Å². The number of pyridine rings is 1. The maximum atomic E-state index is 5.92. The summed E-state index contributed by atoms with van der Waals surface area (Å²) in [5.74, 6) is 0.709. The third-order valence-corrected chi connectivity index (χ3v) is 5.08. The molecule has 5 heterocycles.